The van der Waals surface area contributed by atoms with Crippen LogP contribution in [0.3, 0.4) is 0 Å². The molecule has 2 heterocycles. The third-order valence-corrected chi connectivity index (χ3v) is 3.79. The fourth-order valence-electron chi connectivity index (χ4n) is 2.59. The van der Waals surface area contributed by atoms with Crippen LogP contribution in [0.1, 0.15) is 18.5 Å². The van der Waals surface area contributed by atoms with E-state index >= 15 is 0 Å². The molecule has 1 saturated heterocycles. The van der Waals surface area contributed by atoms with Crippen LogP contribution in [0.4, 0.5) is 0 Å². The lowest BCUT2D eigenvalue weighted by atomic mass is 10.3. The van der Waals surface area contributed by atoms with Crippen molar-refractivity contribution in [3.8, 4) is 11.5 Å². The van der Waals surface area contributed by atoms with Gasteiger partial charge in [0.05, 0.1) is 5.69 Å². The maximum atomic E-state index is 5.82. The molecule has 116 valence electrons. The largest absolute Gasteiger partial charge is 0.492 e. The lowest BCUT2D eigenvalue weighted by Gasteiger charge is -2.15. The van der Waals surface area contributed by atoms with Gasteiger partial charge < -0.3 is 9.47 Å². The van der Waals surface area contributed by atoms with Gasteiger partial charge in [-0.2, -0.15) is 0 Å². The molecule has 0 saturated carbocycles. The summed E-state index contributed by atoms with van der Waals surface area (Å²) < 4.78 is 11.6. The highest BCUT2D eigenvalue weighted by Crippen LogP contribution is 2.20. The molecular formula is C18H22N2O2. The van der Waals surface area contributed by atoms with Crippen LogP contribution < -0.4 is 9.47 Å². The smallest absolute Gasteiger partial charge is 0.130 e. The normalized spacial score (nSPS) is 14.9. The van der Waals surface area contributed by atoms with Crippen LogP contribution in [0, 0.1) is 0 Å². The summed E-state index contributed by atoms with van der Waals surface area (Å²) in [5.41, 5.74) is 0.919. The van der Waals surface area contributed by atoms with Gasteiger partial charge in [-0.1, -0.05) is 12.1 Å². The Hall–Kier alpha value is -2.07. The Morgan fingerprint density at radius 2 is 1.77 bits per heavy atom. The average molecular weight is 298 g/mol. The van der Waals surface area contributed by atoms with Crippen LogP contribution in [0.5, 0.6) is 11.5 Å². The molecule has 22 heavy (non-hydrogen) atoms. The van der Waals surface area contributed by atoms with E-state index in [1.165, 1.54) is 25.9 Å². The highest BCUT2D eigenvalue weighted by molar-refractivity contribution is 5.33. The Balaban J connectivity index is 1.47. The number of pyridine rings is 1. The second-order valence-electron chi connectivity index (χ2n) is 5.48. The predicted molar refractivity (Wildman–Crippen MR) is 86.2 cm³/mol. The molecule has 1 aliphatic rings. The lowest BCUT2D eigenvalue weighted by Crippen LogP contribution is -2.25. The topological polar surface area (TPSA) is 34.6 Å². The van der Waals surface area contributed by atoms with Crippen LogP contribution in [-0.4, -0.2) is 36.1 Å². The van der Waals surface area contributed by atoms with Crippen LogP contribution in [0.15, 0.2) is 48.7 Å². The highest BCUT2D eigenvalue weighted by atomic mass is 16.5. The number of hydrogen-bond donors (Lipinski definition) is 0. The predicted octanol–water partition coefficient (Wildman–Crippen LogP) is 3.14. The van der Waals surface area contributed by atoms with Crippen molar-refractivity contribution in [3.05, 3.63) is 54.4 Å². The molecule has 1 aliphatic heterocycles. The lowest BCUT2D eigenvalue weighted by molar-refractivity contribution is 0.236. The van der Waals surface area contributed by atoms with E-state index in [1.807, 2.05) is 42.5 Å². The molecular weight excluding hydrogens is 276 g/mol. The minimum Gasteiger partial charge on any atom is -0.492 e. The van der Waals surface area contributed by atoms with Crippen molar-refractivity contribution >= 4 is 0 Å². The van der Waals surface area contributed by atoms with Crippen LogP contribution in [0.2, 0.25) is 0 Å². The van der Waals surface area contributed by atoms with Crippen molar-refractivity contribution in [2.45, 2.75) is 19.4 Å². The minimum atomic E-state index is 0.470. The van der Waals surface area contributed by atoms with E-state index in [2.05, 4.69) is 9.88 Å². The summed E-state index contributed by atoms with van der Waals surface area (Å²) in [4.78, 5) is 6.69. The molecule has 1 fully saturated rings. The molecule has 0 radical (unpaired) electrons. The maximum Gasteiger partial charge on any atom is 0.130 e. The second-order valence-corrected chi connectivity index (χ2v) is 5.48. The third kappa shape index (κ3) is 4.46. The van der Waals surface area contributed by atoms with Crippen molar-refractivity contribution in [3.63, 3.8) is 0 Å². The maximum absolute atomic E-state index is 5.82. The molecule has 4 nitrogen and oxygen atoms in total. The Bertz CT molecular complexity index is 568. The Labute approximate surface area is 131 Å². The molecule has 1 aromatic heterocycles. The molecule has 0 aliphatic carbocycles. The first-order valence-corrected chi connectivity index (χ1v) is 7.88. The van der Waals surface area contributed by atoms with Crippen molar-refractivity contribution in [1.29, 1.82) is 0 Å². The van der Waals surface area contributed by atoms with E-state index in [0.717, 1.165) is 30.3 Å². The van der Waals surface area contributed by atoms with Crippen molar-refractivity contribution in [2.24, 2.45) is 0 Å². The van der Waals surface area contributed by atoms with Crippen molar-refractivity contribution in [1.82, 2.24) is 9.88 Å². The van der Waals surface area contributed by atoms with Gasteiger partial charge in [0.2, 0.25) is 0 Å². The zero-order valence-corrected chi connectivity index (χ0v) is 12.8. The van der Waals surface area contributed by atoms with Crippen LogP contribution >= 0.6 is 0 Å². The van der Waals surface area contributed by atoms with Gasteiger partial charge in [-0.3, -0.25) is 9.88 Å². The quantitative estimate of drug-likeness (QED) is 0.786. The van der Waals surface area contributed by atoms with Gasteiger partial charge >= 0.3 is 0 Å². The average Bonchev–Trinajstić information content (AvgIpc) is 3.08. The SMILES string of the molecule is c1ccc(COc2cccc(OCCN3CCCC3)c2)nc1. The molecule has 2 aromatic rings. The number of likely N-dealkylation sites (tertiary alicyclic amines) is 1. The first kappa shape index (κ1) is 14.9. The molecule has 0 bridgehead atoms. The molecule has 0 amide bonds. The number of aromatic nitrogens is 1. The summed E-state index contributed by atoms with van der Waals surface area (Å²) in [6, 6.07) is 13.6. The van der Waals surface area contributed by atoms with Gasteiger partial charge in [-0.25, -0.2) is 0 Å². The summed E-state index contributed by atoms with van der Waals surface area (Å²) in [7, 11) is 0. The molecule has 1 aromatic carbocycles. The molecule has 0 unspecified atom stereocenters. The fourth-order valence-corrected chi connectivity index (χ4v) is 2.59. The molecule has 0 N–H and O–H groups in total. The van der Waals surface area contributed by atoms with E-state index in [0.29, 0.717) is 6.61 Å². The van der Waals surface area contributed by atoms with E-state index in [4.69, 9.17) is 9.47 Å². The summed E-state index contributed by atoms with van der Waals surface area (Å²) in [6.07, 6.45) is 4.41. The number of benzene rings is 1. The van der Waals surface area contributed by atoms with Crippen LogP contribution in [-0.2, 0) is 6.61 Å². The van der Waals surface area contributed by atoms with Crippen LogP contribution in [0.25, 0.3) is 0 Å². The number of nitrogens with zero attached hydrogens (tertiary/aromatic N) is 2. The second kappa shape index (κ2) is 7.80. The molecule has 0 spiro atoms. The molecule has 0 atom stereocenters. The third-order valence-electron chi connectivity index (χ3n) is 3.79. The molecule has 3 rings (SSSR count). The van der Waals surface area contributed by atoms with Gasteiger partial charge in [-0.05, 0) is 50.2 Å². The summed E-state index contributed by atoms with van der Waals surface area (Å²) >= 11 is 0. The van der Waals surface area contributed by atoms with Gasteiger partial charge in [0.15, 0.2) is 0 Å². The summed E-state index contributed by atoms with van der Waals surface area (Å²) in [5, 5.41) is 0. The number of rotatable bonds is 7. The Kier molecular flexibility index (Phi) is 5.27. The van der Waals surface area contributed by atoms with Gasteiger partial charge in [0.25, 0.3) is 0 Å². The fraction of sp³-hybridized carbons (Fsp3) is 0.389. The first-order valence-electron chi connectivity index (χ1n) is 7.88. The van der Waals surface area contributed by atoms with E-state index < -0.39 is 0 Å². The minimum absolute atomic E-state index is 0.470. The number of hydrogen-bond acceptors (Lipinski definition) is 4. The summed E-state index contributed by atoms with van der Waals surface area (Å²) in [6.45, 7) is 4.61. The van der Waals surface area contributed by atoms with E-state index in [9.17, 15) is 0 Å². The zero-order chi connectivity index (χ0) is 15.0. The van der Waals surface area contributed by atoms with Gasteiger partial charge in [0.1, 0.15) is 24.7 Å². The van der Waals surface area contributed by atoms with E-state index in [1.54, 1.807) is 6.20 Å². The Morgan fingerprint density at radius 3 is 2.55 bits per heavy atom. The monoisotopic (exact) mass is 298 g/mol. The first-order chi connectivity index (χ1) is 10.9. The summed E-state index contributed by atoms with van der Waals surface area (Å²) in [5.74, 6) is 1.67. The van der Waals surface area contributed by atoms with Crippen molar-refractivity contribution < 1.29 is 9.47 Å². The zero-order valence-electron chi connectivity index (χ0n) is 12.8. The van der Waals surface area contributed by atoms with Crippen molar-refractivity contribution in [2.75, 3.05) is 26.2 Å². The number of ether oxygens (including phenoxy) is 2. The molecule has 4 heteroatoms. The van der Waals surface area contributed by atoms with Gasteiger partial charge in [0, 0.05) is 18.8 Å². The standard InChI is InChI=1S/C18H22N2O2/c1-2-9-19-16(6-1)15-22-18-8-5-7-17(14-18)21-13-12-20-10-3-4-11-20/h1-2,5-9,14H,3-4,10-13,15H2. The highest BCUT2D eigenvalue weighted by Gasteiger charge is 2.10. The van der Waals surface area contributed by atoms with E-state index in [-0.39, 0.29) is 0 Å². The van der Waals surface area contributed by atoms with Gasteiger partial charge in [-0.15, -0.1) is 0 Å². The Morgan fingerprint density at radius 1 is 0.955 bits per heavy atom.